The minimum absolute atomic E-state index is 0.100. The fourth-order valence-electron chi connectivity index (χ4n) is 1.65. The largest absolute Gasteiger partial charge is 0.300 e. The van der Waals surface area contributed by atoms with E-state index in [1.807, 2.05) is 13.8 Å². The van der Waals surface area contributed by atoms with Gasteiger partial charge in [0.2, 0.25) is 0 Å². The van der Waals surface area contributed by atoms with Gasteiger partial charge in [0.05, 0.1) is 11.0 Å². The lowest BCUT2D eigenvalue weighted by Crippen LogP contribution is -2.22. The van der Waals surface area contributed by atoms with Crippen LogP contribution in [0.3, 0.4) is 0 Å². The zero-order valence-corrected chi connectivity index (χ0v) is 9.64. The summed E-state index contributed by atoms with van der Waals surface area (Å²) in [7, 11) is -3.01. The number of carbonyl (C=O) groups is 1. The van der Waals surface area contributed by atoms with E-state index in [4.69, 9.17) is 0 Å². The van der Waals surface area contributed by atoms with Crippen molar-refractivity contribution in [1.82, 2.24) is 0 Å². The molecule has 1 rings (SSSR count). The van der Waals surface area contributed by atoms with Crippen LogP contribution >= 0.6 is 0 Å². The summed E-state index contributed by atoms with van der Waals surface area (Å²) < 4.78 is 23.5. The van der Waals surface area contributed by atoms with Crippen LogP contribution in [0.1, 0.15) is 39.5 Å². The second-order valence-electron chi connectivity index (χ2n) is 4.45. The molecule has 1 fully saturated rings. The lowest BCUT2D eigenvalue weighted by atomic mass is 10.2. The molecule has 1 atom stereocenters. The first-order valence-electron chi connectivity index (χ1n) is 5.15. The molecule has 0 amide bonds. The topological polar surface area (TPSA) is 51.2 Å². The van der Waals surface area contributed by atoms with E-state index >= 15 is 0 Å². The van der Waals surface area contributed by atoms with Gasteiger partial charge in [-0.15, -0.1) is 0 Å². The predicted octanol–water partition coefficient (Wildman–Crippen LogP) is 1.57. The summed E-state index contributed by atoms with van der Waals surface area (Å²) in [5.41, 5.74) is 0. The molecule has 0 radical (unpaired) electrons. The second kappa shape index (κ2) is 4.43. The highest BCUT2D eigenvalue weighted by molar-refractivity contribution is 7.92. The second-order valence-corrected chi connectivity index (χ2v) is 6.85. The van der Waals surface area contributed by atoms with Crippen molar-refractivity contribution < 1.29 is 13.2 Å². The van der Waals surface area contributed by atoms with Crippen LogP contribution < -0.4 is 0 Å². The van der Waals surface area contributed by atoms with Gasteiger partial charge in [0.1, 0.15) is 5.78 Å². The summed E-state index contributed by atoms with van der Waals surface area (Å²) >= 11 is 0. The fourth-order valence-corrected chi connectivity index (χ4v) is 3.70. The van der Waals surface area contributed by atoms with E-state index in [1.165, 1.54) is 0 Å². The Kier molecular flexibility index (Phi) is 3.70. The first-order valence-corrected chi connectivity index (χ1v) is 6.86. The van der Waals surface area contributed by atoms with Crippen molar-refractivity contribution >= 4 is 15.6 Å². The summed E-state index contributed by atoms with van der Waals surface area (Å²) in [6.45, 7) is 4.02. The average molecular weight is 218 g/mol. The van der Waals surface area contributed by atoms with Crippen molar-refractivity contribution in [2.45, 2.75) is 44.8 Å². The van der Waals surface area contributed by atoms with Crippen LogP contribution in [0.15, 0.2) is 0 Å². The minimum Gasteiger partial charge on any atom is -0.300 e. The third-order valence-corrected chi connectivity index (χ3v) is 4.91. The number of Topliss-reactive ketones (excluding diaryl/α,β-unsaturated/α-hetero) is 1. The Labute approximate surface area is 85.8 Å². The summed E-state index contributed by atoms with van der Waals surface area (Å²) in [4.78, 5) is 11.0. The van der Waals surface area contributed by atoms with Gasteiger partial charge in [0.25, 0.3) is 0 Å². The zero-order valence-electron chi connectivity index (χ0n) is 8.82. The number of ketones is 1. The smallest absolute Gasteiger partial charge is 0.153 e. The minimum atomic E-state index is -3.01. The van der Waals surface area contributed by atoms with Gasteiger partial charge in [0, 0.05) is 12.8 Å². The van der Waals surface area contributed by atoms with Gasteiger partial charge < -0.3 is 0 Å². The molecule has 0 heterocycles. The van der Waals surface area contributed by atoms with Crippen LogP contribution in [0.25, 0.3) is 0 Å². The Morgan fingerprint density at radius 2 is 2.07 bits per heavy atom. The third kappa shape index (κ3) is 3.08. The average Bonchev–Trinajstić information content (AvgIpc) is 2.49. The molecule has 0 aromatic rings. The molecule has 0 aromatic carbocycles. The molecule has 1 aliphatic carbocycles. The first kappa shape index (κ1) is 11.7. The first-order chi connectivity index (χ1) is 6.42. The van der Waals surface area contributed by atoms with Crippen LogP contribution in [0.4, 0.5) is 0 Å². The van der Waals surface area contributed by atoms with E-state index < -0.39 is 9.84 Å². The van der Waals surface area contributed by atoms with Crippen LogP contribution in [-0.2, 0) is 14.6 Å². The van der Waals surface area contributed by atoms with E-state index in [9.17, 15) is 13.2 Å². The Morgan fingerprint density at radius 1 is 1.43 bits per heavy atom. The Hall–Kier alpha value is -0.380. The van der Waals surface area contributed by atoms with Crippen molar-refractivity contribution in [3.63, 3.8) is 0 Å². The third-order valence-electron chi connectivity index (χ3n) is 2.69. The van der Waals surface area contributed by atoms with Gasteiger partial charge in [-0.2, -0.15) is 0 Å². The van der Waals surface area contributed by atoms with Crippen molar-refractivity contribution in [2.24, 2.45) is 5.92 Å². The van der Waals surface area contributed by atoms with Crippen LogP contribution in [0.2, 0.25) is 0 Å². The summed E-state index contributed by atoms with van der Waals surface area (Å²) in [6.07, 6.45) is 1.94. The van der Waals surface area contributed by atoms with Crippen molar-refractivity contribution in [2.75, 3.05) is 5.75 Å². The molecule has 82 valence electrons. The molecule has 0 N–H and O–H groups in total. The van der Waals surface area contributed by atoms with Gasteiger partial charge in [-0.1, -0.05) is 13.8 Å². The van der Waals surface area contributed by atoms with E-state index in [1.54, 1.807) is 0 Å². The molecular weight excluding hydrogens is 200 g/mol. The quantitative estimate of drug-likeness (QED) is 0.719. The van der Waals surface area contributed by atoms with E-state index in [0.29, 0.717) is 25.2 Å². The molecule has 4 heteroatoms. The standard InChI is InChI=1S/C10H18O3S/c1-8(2)5-6-14(12,13)10-4-3-9(11)7-10/h8,10H,3-7H2,1-2H3. The molecule has 0 spiro atoms. The molecule has 3 nitrogen and oxygen atoms in total. The molecule has 14 heavy (non-hydrogen) atoms. The predicted molar refractivity (Wildman–Crippen MR) is 55.9 cm³/mol. The fraction of sp³-hybridized carbons (Fsp3) is 0.900. The zero-order chi connectivity index (χ0) is 10.8. The molecule has 0 saturated heterocycles. The SMILES string of the molecule is CC(C)CCS(=O)(=O)C1CCC(=O)C1. The Morgan fingerprint density at radius 3 is 2.50 bits per heavy atom. The Bertz CT molecular complexity index is 303. The number of carbonyl (C=O) groups excluding carboxylic acids is 1. The van der Waals surface area contributed by atoms with Gasteiger partial charge in [-0.05, 0) is 18.8 Å². The van der Waals surface area contributed by atoms with Crippen LogP contribution in [-0.4, -0.2) is 25.2 Å². The number of rotatable bonds is 4. The lowest BCUT2D eigenvalue weighted by molar-refractivity contribution is -0.117. The summed E-state index contributed by atoms with van der Waals surface area (Å²) in [6, 6.07) is 0. The highest BCUT2D eigenvalue weighted by Crippen LogP contribution is 2.23. The maximum Gasteiger partial charge on any atom is 0.153 e. The monoisotopic (exact) mass is 218 g/mol. The van der Waals surface area contributed by atoms with Gasteiger partial charge in [0.15, 0.2) is 9.84 Å². The normalized spacial score (nSPS) is 23.4. The Balaban J connectivity index is 2.53. The maximum absolute atomic E-state index is 11.7. The van der Waals surface area contributed by atoms with Crippen molar-refractivity contribution in [3.8, 4) is 0 Å². The molecule has 0 bridgehead atoms. The number of sulfone groups is 1. The van der Waals surface area contributed by atoms with Crippen molar-refractivity contribution in [3.05, 3.63) is 0 Å². The van der Waals surface area contributed by atoms with Crippen molar-refractivity contribution in [1.29, 1.82) is 0 Å². The van der Waals surface area contributed by atoms with Gasteiger partial charge in [-0.3, -0.25) is 4.79 Å². The maximum atomic E-state index is 11.7. The number of hydrogen-bond acceptors (Lipinski definition) is 3. The highest BCUT2D eigenvalue weighted by Gasteiger charge is 2.32. The summed E-state index contributed by atoms with van der Waals surface area (Å²) in [5.74, 6) is 0.743. The summed E-state index contributed by atoms with van der Waals surface area (Å²) in [5, 5.41) is -0.381. The van der Waals surface area contributed by atoms with E-state index in [0.717, 1.165) is 0 Å². The molecule has 1 aliphatic rings. The van der Waals surface area contributed by atoms with Crippen LogP contribution in [0, 0.1) is 5.92 Å². The molecular formula is C10H18O3S. The molecule has 1 saturated carbocycles. The molecule has 0 aliphatic heterocycles. The van der Waals surface area contributed by atoms with Crippen LogP contribution in [0.5, 0.6) is 0 Å². The molecule has 0 aromatic heterocycles. The van der Waals surface area contributed by atoms with E-state index in [-0.39, 0.29) is 23.2 Å². The highest BCUT2D eigenvalue weighted by atomic mass is 32.2. The molecule has 1 unspecified atom stereocenters. The number of hydrogen-bond donors (Lipinski definition) is 0. The van der Waals surface area contributed by atoms with Gasteiger partial charge in [-0.25, -0.2) is 8.42 Å². The van der Waals surface area contributed by atoms with E-state index in [2.05, 4.69) is 0 Å². The lowest BCUT2D eigenvalue weighted by Gasteiger charge is -2.11. The van der Waals surface area contributed by atoms with Gasteiger partial charge >= 0.3 is 0 Å².